The van der Waals surface area contributed by atoms with Crippen molar-refractivity contribution in [1.29, 1.82) is 0 Å². The fourth-order valence-electron chi connectivity index (χ4n) is 10.5. The molecular weight excluding hydrogens is 1050 g/mol. The number of aliphatic hydroxyl groups excluding tert-OH is 5. The summed E-state index contributed by atoms with van der Waals surface area (Å²) in [5.74, 6) is -0.189. The monoisotopic (exact) mass is 1190 g/mol. The van der Waals surface area contributed by atoms with Gasteiger partial charge in [-0.25, -0.2) is 0 Å². The van der Waals surface area contributed by atoms with Crippen LogP contribution >= 0.6 is 0 Å². The van der Waals surface area contributed by atoms with Gasteiger partial charge in [0.1, 0.15) is 24.4 Å². The summed E-state index contributed by atoms with van der Waals surface area (Å²) in [5.41, 5.74) is 0. The molecule has 1 aliphatic rings. The normalized spacial score (nSPS) is 18.9. The van der Waals surface area contributed by atoms with Crippen LogP contribution in [0.25, 0.3) is 0 Å². The lowest BCUT2D eigenvalue weighted by atomic mass is 9.99. The highest BCUT2D eigenvalue weighted by Crippen LogP contribution is 2.23. The smallest absolute Gasteiger partial charge is 0.220 e. The van der Waals surface area contributed by atoms with Crippen LogP contribution in [0.4, 0.5) is 0 Å². The highest BCUT2D eigenvalue weighted by molar-refractivity contribution is 5.76. The van der Waals surface area contributed by atoms with Gasteiger partial charge >= 0.3 is 0 Å². The largest absolute Gasteiger partial charge is 0.394 e. The molecule has 1 aliphatic heterocycles. The molecule has 6 N–H and O–H groups in total. The average molecular weight is 1190 g/mol. The molecular formula is C76H131NO8. The van der Waals surface area contributed by atoms with Crippen LogP contribution < -0.4 is 5.32 Å². The fraction of sp³-hybridized carbons (Fsp3) is 0.724. The molecule has 7 unspecified atom stereocenters. The predicted molar refractivity (Wildman–Crippen MR) is 364 cm³/mol. The minimum atomic E-state index is -1.58. The molecule has 0 aliphatic carbocycles. The molecule has 1 saturated heterocycles. The number of rotatable bonds is 60. The average Bonchev–Trinajstić information content (AvgIpc) is 3.66. The summed E-state index contributed by atoms with van der Waals surface area (Å²) in [5, 5.41) is 54.7. The number of aliphatic hydroxyl groups is 5. The van der Waals surface area contributed by atoms with Crippen molar-refractivity contribution in [1.82, 2.24) is 5.32 Å². The molecule has 85 heavy (non-hydrogen) atoms. The Morgan fingerprint density at radius 3 is 1.13 bits per heavy atom. The van der Waals surface area contributed by atoms with Crippen LogP contribution in [0.3, 0.4) is 0 Å². The quantitative estimate of drug-likeness (QED) is 0.0261. The van der Waals surface area contributed by atoms with Gasteiger partial charge in [-0.3, -0.25) is 4.79 Å². The first kappa shape index (κ1) is 79.6. The molecule has 7 atom stereocenters. The van der Waals surface area contributed by atoms with E-state index in [9.17, 15) is 30.3 Å². The van der Waals surface area contributed by atoms with Crippen LogP contribution in [0, 0.1) is 0 Å². The number of amides is 1. The van der Waals surface area contributed by atoms with Gasteiger partial charge < -0.3 is 40.3 Å². The lowest BCUT2D eigenvalue weighted by Crippen LogP contribution is -2.60. The number of unbranched alkanes of at least 4 members (excludes halogenated alkanes) is 32. The summed E-state index contributed by atoms with van der Waals surface area (Å²) in [4.78, 5) is 13.1. The van der Waals surface area contributed by atoms with Crippen LogP contribution in [-0.2, 0) is 14.3 Å². The summed E-state index contributed by atoms with van der Waals surface area (Å²) < 4.78 is 11.3. The number of carbonyl (C=O) groups excluding carboxylic acids is 1. The van der Waals surface area contributed by atoms with Crippen molar-refractivity contribution in [3.8, 4) is 0 Å². The Hall–Kier alpha value is -3.41. The van der Waals surface area contributed by atoms with Crippen LogP contribution in [0.2, 0.25) is 0 Å². The highest BCUT2D eigenvalue weighted by atomic mass is 16.7. The van der Waals surface area contributed by atoms with E-state index in [0.29, 0.717) is 6.42 Å². The molecule has 0 spiro atoms. The second-order valence-corrected chi connectivity index (χ2v) is 23.9. The Balaban J connectivity index is 2.14. The molecule has 9 nitrogen and oxygen atoms in total. The van der Waals surface area contributed by atoms with Gasteiger partial charge in [0.05, 0.1) is 25.4 Å². The van der Waals surface area contributed by atoms with Crippen molar-refractivity contribution in [2.24, 2.45) is 0 Å². The second-order valence-electron chi connectivity index (χ2n) is 23.9. The van der Waals surface area contributed by atoms with Gasteiger partial charge in [-0.05, 0) is 96.3 Å². The summed E-state index contributed by atoms with van der Waals surface area (Å²) in [6, 6.07) is -0.830. The molecule has 1 rings (SSSR count). The molecule has 1 amide bonds. The molecule has 0 aromatic heterocycles. The molecule has 0 saturated carbocycles. The molecule has 0 aromatic carbocycles. The molecule has 0 aromatic rings. The van der Waals surface area contributed by atoms with E-state index in [4.69, 9.17) is 9.47 Å². The number of carbonyl (C=O) groups is 1. The van der Waals surface area contributed by atoms with E-state index in [1.807, 2.05) is 6.08 Å². The summed E-state index contributed by atoms with van der Waals surface area (Å²) in [7, 11) is 0. The number of hydrogen-bond donors (Lipinski definition) is 6. The van der Waals surface area contributed by atoms with Crippen molar-refractivity contribution < 1.29 is 39.8 Å². The molecule has 1 heterocycles. The first-order valence-corrected chi connectivity index (χ1v) is 35.3. The third-order valence-corrected chi connectivity index (χ3v) is 16.0. The Morgan fingerprint density at radius 2 is 0.741 bits per heavy atom. The zero-order chi connectivity index (χ0) is 61.4. The zero-order valence-electron chi connectivity index (χ0n) is 54.6. The van der Waals surface area contributed by atoms with E-state index < -0.39 is 49.5 Å². The number of allylic oxidation sites excluding steroid dienone is 19. The topological polar surface area (TPSA) is 149 Å². The van der Waals surface area contributed by atoms with Gasteiger partial charge in [0.25, 0.3) is 0 Å². The van der Waals surface area contributed by atoms with E-state index in [1.165, 1.54) is 186 Å². The van der Waals surface area contributed by atoms with Gasteiger partial charge in [-0.15, -0.1) is 0 Å². The summed E-state index contributed by atoms with van der Waals surface area (Å²) in [6.45, 7) is 3.67. The maximum Gasteiger partial charge on any atom is 0.220 e. The lowest BCUT2D eigenvalue weighted by molar-refractivity contribution is -0.302. The minimum absolute atomic E-state index is 0.189. The standard InChI is InChI=1S/C76H131NO8/c1-3-5-7-9-11-13-15-17-19-21-23-25-27-28-29-30-31-32-33-34-35-36-37-38-39-40-41-42-44-46-48-50-52-54-56-58-60-62-64-66-72(80)77-69(68-84-76-75(83)74(82)73(81)71(67-78)85-76)70(79)65-63-61-59-57-55-53-51-49-47-45-43-26-24-22-20-18-16-14-12-10-8-6-4-2/h5,7,11,13,17,19,23,25,28-29,31-32,34-35,37-38,55,57,63,65,69-71,73-76,78-79,81-83H,3-4,6,8-10,12,14-16,18,20-22,24,26-27,30,33,36,39-54,56,58-62,64,66-68H2,1-2H3,(H,77,80)/b7-5-,13-11-,19-17-,25-23-,29-28-,32-31-,35-34-,38-37-,57-55+,65-63+. The van der Waals surface area contributed by atoms with Gasteiger partial charge in [0.15, 0.2) is 6.29 Å². The number of nitrogens with one attached hydrogen (secondary N) is 1. The first-order chi connectivity index (χ1) is 41.8. The minimum Gasteiger partial charge on any atom is -0.394 e. The Kier molecular flexibility index (Phi) is 59.6. The second kappa shape index (κ2) is 63.6. The lowest BCUT2D eigenvalue weighted by Gasteiger charge is -2.40. The third-order valence-electron chi connectivity index (χ3n) is 16.0. The summed E-state index contributed by atoms with van der Waals surface area (Å²) in [6.07, 6.45) is 88.7. The van der Waals surface area contributed by atoms with Crippen molar-refractivity contribution in [2.45, 2.75) is 339 Å². The van der Waals surface area contributed by atoms with Crippen LogP contribution in [-0.4, -0.2) is 87.5 Å². The zero-order valence-corrected chi connectivity index (χ0v) is 54.6. The maximum atomic E-state index is 13.1. The van der Waals surface area contributed by atoms with Crippen molar-refractivity contribution in [3.05, 3.63) is 122 Å². The Labute approximate surface area is 522 Å². The van der Waals surface area contributed by atoms with Crippen molar-refractivity contribution >= 4 is 5.91 Å². The van der Waals surface area contributed by atoms with E-state index >= 15 is 0 Å². The van der Waals surface area contributed by atoms with E-state index in [0.717, 1.165) is 89.9 Å². The maximum absolute atomic E-state index is 13.1. The van der Waals surface area contributed by atoms with E-state index in [-0.39, 0.29) is 12.5 Å². The number of hydrogen-bond acceptors (Lipinski definition) is 8. The summed E-state index contributed by atoms with van der Waals surface area (Å²) >= 11 is 0. The van der Waals surface area contributed by atoms with E-state index in [1.54, 1.807) is 6.08 Å². The van der Waals surface area contributed by atoms with Crippen LogP contribution in [0.15, 0.2) is 122 Å². The van der Waals surface area contributed by atoms with E-state index in [2.05, 4.69) is 129 Å². The molecule has 0 bridgehead atoms. The van der Waals surface area contributed by atoms with Gasteiger partial charge in [-0.1, -0.05) is 315 Å². The number of ether oxygens (including phenoxy) is 2. The molecule has 1 fully saturated rings. The Bertz CT molecular complexity index is 1760. The first-order valence-electron chi connectivity index (χ1n) is 35.3. The molecule has 9 heteroatoms. The SMILES string of the molecule is CC/C=C\C/C=C\C/C=C\C/C=C\C/C=C\C/C=C\C/C=C\C/C=C\CCCCCCCCCCCCCCCCC(=O)NC(COC1OC(CO)C(O)C(O)C1O)C(O)/C=C/CC/C=C/CCCCCCCCCCCCCCCCCCC. The molecule has 488 valence electrons. The van der Waals surface area contributed by atoms with Gasteiger partial charge in [0.2, 0.25) is 5.91 Å². The van der Waals surface area contributed by atoms with Crippen molar-refractivity contribution in [3.63, 3.8) is 0 Å². The van der Waals surface area contributed by atoms with Crippen LogP contribution in [0.1, 0.15) is 296 Å². The van der Waals surface area contributed by atoms with Gasteiger partial charge in [-0.2, -0.15) is 0 Å². The fourth-order valence-corrected chi connectivity index (χ4v) is 10.5. The van der Waals surface area contributed by atoms with Crippen molar-refractivity contribution in [2.75, 3.05) is 13.2 Å². The third kappa shape index (κ3) is 52.3. The molecule has 0 radical (unpaired) electrons. The van der Waals surface area contributed by atoms with Gasteiger partial charge in [0, 0.05) is 6.42 Å². The Morgan fingerprint density at radius 1 is 0.412 bits per heavy atom. The predicted octanol–water partition coefficient (Wildman–Crippen LogP) is 19.4. The van der Waals surface area contributed by atoms with Crippen LogP contribution in [0.5, 0.6) is 0 Å². The highest BCUT2D eigenvalue weighted by Gasteiger charge is 2.44.